The summed E-state index contributed by atoms with van der Waals surface area (Å²) >= 11 is 0. The number of benzene rings is 1. The fraction of sp³-hybridized carbons (Fsp3) is 0.333. The van der Waals surface area contributed by atoms with Gasteiger partial charge in [-0.15, -0.1) is 0 Å². The summed E-state index contributed by atoms with van der Waals surface area (Å²) in [5.74, 6) is 0.649. The van der Waals surface area contributed by atoms with E-state index in [4.69, 9.17) is 4.74 Å². The molecule has 6 nitrogen and oxygen atoms in total. The number of anilines is 1. The van der Waals surface area contributed by atoms with Crippen molar-refractivity contribution in [1.29, 1.82) is 0 Å². The minimum atomic E-state index is -0.183. The predicted molar refractivity (Wildman–Crippen MR) is 78.5 cm³/mol. The second-order valence-electron chi connectivity index (χ2n) is 5.07. The van der Waals surface area contributed by atoms with Crippen LogP contribution in [0, 0.1) is 0 Å². The Morgan fingerprint density at radius 3 is 3.10 bits per heavy atom. The fourth-order valence-electron chi connectivity index (χ4n) is 2.47. The normalized spacial score (nSPS) is 18.7. The summed E-state index contributed by atoms with van der Waals surface area (Å²) in [7, 11) is 1.71. The summed E-state index contributed by atoms with van der Waals surface area (Å²) in [4.78, 5) is 18.3. The molecule has 0 aliphatic carbocycles. The van der Waals surface area contributed by atoms with E-state index in [9.17, 15) is 9.90 Å². The van der Waals surface area contributed by atoms with E-state index in [2.05, 4.69) is 4.98 Å². The van der Waals surface area contributed by atoms with Crippen molar-refractivity contribution in [3.05, 3.63) is 52.6 Å². The lowest BCUT2D eigenvalue weighted by molar-refractivity contribution is 0.0393. The molecule has 6 heteroatoms. The van der Waals surface area contributed by atoms with Crippen molar-refractivity contribution in [3.8, 4) is 5.75 Å². The number of phenolic OH excluding ortho intramolecular Hbond substituents is 1. The Bertz CT molecular complexity index is 699. The molecule has 0 radical (unpaired) electrons. The second kappa shape index (κ2) is 5.57. The monoisotopic (exact) mass is 287 g/mol. The number of hydrogen-bond acceptors (Lipinski definition) is 5. The number of ether oxygens (including phenoxy) is 1. The summed E-state index contributed by atoms with van der Waals surface area (Å²) in [5, 5.41) is 9.57. The molecular weight excluding hydrogens is 270 g/mol. The van der Waals surface area contributed by atoms with E-state index in [1.165, 1.54) is 4.57 Å². The van der Waals surface area contributed by atoms with Gasteiger partial charge in [0.25, 0.3) is 5.56 Å². The fourth-order valence-corrected chi connectivity index (χ4v) is 2.47. The Morgan fingerprint density at radius 2 is 2.29 bits per heavy atom. The number of aromatic hydroxyl groups is 1. The summed E-state index contributed by atoms with van der Waals surface area (Å²) in [6.07, 6.45) is 3.08. The third kappa shape index (κ3) is 2.75. The van der Waals surface area contributed by atoms with Crippen LogP contribution < -0.4 is 10.5 Å². The van der Waals surface area contributed by atoms with Crippen LogP contribution in [-0.4, -0.2) is 34.4 Å². The van der Waals surface area contributed by atoms with E-state index >= 15 is 0 Å². The van der Waals surface area contributed by atoms with Crippen LogP contribution in [0.2, 0.25) is 0 Å². The van der Waals surface area contributed by atoms with Crippen LogP contribution in [0.5, 0.6) is 5.75 Å². The third-order valence-corrected chi connectivity index (χ3v) is 3.61. The predicted octanol–water partition coefficient (Wildman–Crippen LogP) is 1.06. The van der Waals surface area contributed by atoms with Crippen molar-refractivity contribution in [1.82, 2.24) is 9.55 Å². The molecule has 2 aromatic rings. The minimum absolute atomic E-state index is 0.117. The molecule has 1 atom stereocenters. The van der Waals surface area contributed by atoms with E-state index in [0.29, 0.717) is 25.5 Å². The zero-order valence-corrected chi connectivity index (χ0v) is 11.8. The molecule has 0 amide bonds. The smallest absolute Gasteiger partial charge is 0.293 e. The number of aryl methyl sites for hydroxylation is 1. The molecule has 0 saturated carbocycles. The Balaban J connectivity index is 1.86. The molecule has 1 fully saturated rings. The molecule has 2 heterocycles. The molecule has 1 aromatic heterocycles. The van der Waals surface area contributed by atoms with Crippen molar-refractivity contribution in [3.63, 3.8) is 0 Å². The lowest BCUT2D eigenvalue weighted by Gasteiger charge is -2.33. The first kappa shape index (κ1) is 13.6. The van der Waals surface area contributed by atoms with Crippen molar-refractivity contribution in [2.24, 2.45) is 7.05 Å². The molecule has 21 heavy (non-hydrogen) atoms. The van der Waals surface area contributed by atoms with Gasteiger partial charge in [-0.3, -0.25) is 4.79 Å². The highest BCUT2D eigenvalue weighted by molar-refractivity contribution is 5.38. The maximum absolute atomic E-state index is 12.1. The summed E-state index contributed by atoms with van der Waals surface area (Å²) < 4.78 is 7.27. The molecule has 3 rings (SSSR count). The molecule has 0 spiro atoms. The van der Waals surface area contributed by atoms with Gasteiger partial charge in [-0.05, 0) is 17.7 Å². The molecule has 1 aliphatic heterocycles. The van der Waals surface area contributed by atoms with Crippen LogP contribution in [0.4, 0.5) is 5.82 Å². The lowest BCUT2D eigenvalue weighted by atomic mass is 10.1. The first-order valence-corrected chi connectivity index (χ1v) is 6.82. The molecule has 1 aliphatic rings. The summed E-state index contributed by atoms with van der Waals surface area (Å²) in [5.41, 5.74) is 0.779. The Kier molecular flexibility index (Phi) is 3.62. The topological polar surface area (TPSA) is 67.6 Å². The van der Waals surface area contributed by atoms with Crippen LogP contribution >= 0.6 is 0 Å². The van der Waals surface area contributed by atoms with E-state index in [1.807, 2.05) is 11.0 Å². The SMILES string of the molecule is Cn1ccnc(N2CCOC(c3cccc(O)c3)C2)c1=O. The first-order chi connectivity index (χ1) is 10.1. The van der Waals surface area contributed by atoms with Crippen molar-refractivity contribution >= 4 is 5.82 Å². The van der Waals surface area contributed by atoms with Crippen LogP contribution in [0.15, 0.2) is 41.5 Å². The van der Waals surface area contributed by atoms with Gasteiger partial charge in [0.1, 0.15) is 11.9 Å². The highest BCUT2D eigenvalue weighted by Gasteiger charge is 2.24. The van der Waals surface area contributed by atoms with Crippen LogP contribution in [0.25, 0.3) is 0 Å². The third-order valence-electron chi connectivity index (χ3n) is 3.61. The molecule has 1 aromatic carbocycles. The van der Waals surface area contributed by atoms with Crippen LogP contribution in [0.3, 0.4) is 0 Å². The van der Waals surface area contributed by atoms with E-state index in [-0.39, 0.29) is 17.4 Å². The zero-order valence-electron chi connectivity index (χ0n) is 11.8. The Morgan fingerprint density at radius 1 is 1.43 bits per heavy atom. The number of phenols is 1. The van der Waals surface area contributed by atoms with Gasteiger partial charge in [0.15, 0.2) is 5.82 Å². The summed E-state index contributed by atoms with van der Waals surface area (Å²) in [6.45, 7) is 1.68. The molecule has 1 N–H and O–H groups in total. The lowest BCUT2D eigenvalue weighted by Crippen LogP contribution is -2.42. The van der Waals surface area contributed by atoms with Gasteiger partial charge < -0.3 is 19.3 Å². The van der Waals surface area contributed by atoms with Gasteiger partial charge >= 0.3 is 0 Å². The number of morpholine rings is 1. The van der Waals surface area contributed by atoms with Crippen molar-refractivity contribution in [2.45, 2.75) is 6.10 Å². The number of nitrogens with zero attached hydrogens (tertiary/aromatic N) is 3. The standard InChI is InChI=1S/C15H17N3O3/c1-17-6-5-16-14(15(17)20)18-7-8-21-13(10-18)11-3-2-4-12(19)9-11/h2-6,9,13,19H,7-8,10H2,1H3. The molecule has 0 bridgehead atoms. The molecule has 1 saturated heterocycles. The second-order valence-corrected chi connectivity index (χ2v) is 5.07. The van der Waals surface area contributed by atoms with Crippen molar-refractivity contribution in [2.75, 3.05) is 24.6 Å². The van der Waals surface area contributed by atoms with Gasteiger partial charge in [0.2, 0.25) is 0 Å². The minimum Gasteiger partial charge on any atom is -0.508 e. The zero-order chi connectivity index (χ0) is 14.8. The highest BCUT2D eigenvalue weighted by atomic mass is 16.5. The van der Waals surface area contributed by atoms with Gasteiger partial charge in [0.05, 0.1) is 13.2 Å². The largest absolute Gasteiger partial charge is 0.508 e. The average Bonchev–Trinajstić information content (AvgIpc) is 2.50. The highest BCUT2D eigenvalue weighted by Crippen LogP contribution is 2.25. The van der Waals surface area contributed by atoms with Crippen LogP contribution in [0.1, 0.15) is 11.7 Å². The Hall–Kier alpha value is -2.34. The first-order valence-electron chi connectivity index (χ1n) is 6.82. The maximum atomic E-state index is 12.1. The van der Waals surface area contributed by atoms with Crippen LogP contribution in [-0.2, 0) is 11.8 Å². The number of aromatic nitrogens is 2. The van der Waals surface area contributed by atoms with E-state index < -0.39 is 0 Å². The quantitative estimate of drug-likeness (QED) is 0.894. The maximum Gasteiger partial charge on any atom is 0.293 e. The van der Waals surface area contributed by atoms with Gasteiger partial charge in [0, 0.05) is 26.0 Å². The number of hydrogen-bond donors (Lipinski definition) is 1. The average molecular weight is 287 g/mol. The summed E-state index contributed by atoms with van der Waals surface area (Å²) in [6, 6.07) is 7.00. The molecular formula is C15H17N3O3. The number of rotatable bonds is 2. The molecule has 1 unspecified atom stereocenters. The van der Waals surface area contributed by atoms with Crippen molar-refractivity contribution < 1.29 is 9.84 Å². The van der Waals surface area contributed by atoms with Gasteiger partial charge in [-0.2, -0.15) is 0 Å². The van der Waals surface area contributed by atoms with Gasteiger partial charge in [-0.25, -0.2) is 4.98 Å². The van der Waals surface area contributed by atoms with Gasteiger partial charge in [-0.1, -0.05) is 12.1 Å². The van der Waals surface area contributed by atoms with E-state index in [1.54, 1.807) is 37.6 Å². The Labute approximate surface area is 122 Å². The van der Waals surface area contributed by atoms with E-state index in [0.717, 1.165) is 5.56 Å². The molecule has 110 valence electrons.